The molecule has 1 aliphatic carbocycles. The minimum absolute atomic E-state index is 0.0392. The van der Waals surface area contributed by atoms with Crippen molar-refractivity contribution < 1.29 is 14.6 Å². The van der Waals surface area contributed by atoms with Crippen molar-refractivity contribution in [2.24, 2.45) is 5.92 Å². The summed E-state index contributed by atoms with van der Waals surface area (Å²) in [4.78, 5) is 12.3. The minimum atomic E-state index is -1.49. The molecule has 1 aliphatic rings. The molecule has 0 aromatic heterocycles. The standard InChI is InChI=1S/C16H22O3/c1-2-19-15(17)16(18,13-9-5-3-6-10-13)14-11-7-4-8-12-14/h3,5-6,9-10,14,18H,2,4,7-8,11-12H2,1H3/t16-/m0/s1. The molecule has 0 aliphatic heterocycles. The summed E-state index contributed by atoms with van der Waals surface area (Å²) in [6, 6.07) is 9.21. The van der Waals surface area contributed by atoms with Crippen LogP contribution in [0.25, 0.3) is 0 Å². The predicted molar refractivity (Wildman–Crippen MR) is 73.5 cm³/mol. The van der Waals surface area contributed by atoms with Gasteiger partial charge in [0.2, 0.25) is 0 Å². The van der Waals surface area contributed by atoms with Gasteiger partial charge in [0.25, 0.3) is 0 Å². The zero-order chi connectivity index (χ0) is 13.7. The highest BCUT2D eigenvalue weighted by Crippen LogP contribution is 2.40. The maximum Gasteiger partial charge on any atom is 0.343 e. The molecule has 0 amide bonds. The van der Waals surface area contributed by atoms with Gasteiger partial charge in [-0.15, -0.1) is 0 Å². The maximum atomic E-state index is 12.3. The summed E-state index contributed by atoms with van der Waals surface area (Å²) in [5, 5.41) is 11.0. The minimum Gasteiger partial charge on any atom is -0.464 e. The molecule has 3 nitrogen and oxygen atoms in total. The van der Waals surface area contributed by atoms with Crippen molar-refractivity contribution >= 4 is 5.97 Å². The number of carbonyl (C=O) groups excluding carboxylic acids is 1. The van der Waals surface area contributed by atoms with E-state index in [0.29, 0.717) is 12.2 Å². The Balaban J connectivity index is 2.34. The Morgan fingerprint density at radius 3 is 2.47 bits per heavy atom. The highest BCUT2D eigenvalue weighted by Gasteiger charge is 2.46. The lowest BCUT2D eigenvalue weighted by Gasteiger charge is -2.36. The van der Waals surface area contributed by atoms with Crippen LogP contribution in [0.1, 0.15) is 44.6 Å². The summed E-state index contributed by atoms with van der Waals surface area (Å²) in [7, 11) is 0. The van der Waals surface area contributed by atoms with E-state index in [1.807, 2.05) is 30.3 Å². The third-order valence-corrected chi connectivity index (χ3v) is 4.00. The van der Waals surface area contributed by atoms with Crippen molar-refractivity contribution in [3.8, 4) is 0 Å². The number of carbonyl (C=O) groups is 1. The van der Waals surface area contributed by atoms with Crippen molar-refractivity contribution in [1.82, 2.24) is 0 Å². The third kappa shape index (κ3) is 2.81. The number of hydrogen-bond acceptors (Lipinski definition) is 3. The third-order valence-electron chi connectivity index (χ3n) is 4.00. The molecule has 1 aromatic carbocycles. The highest BCUT2D eigenvalue weighted by atomic mass is 16.5. The molecule has 1 fully saturated rings. The van der Waals surface area contributed by atoms with Crippen LogP contribution in [0, 0.1) is 5.92 Å². The van der Waals surface area contributed by atoms with Crippen molar-refractivity contribution in [2.45, 2.75) is 44.6 Å². The van der Waals surface area contributed by atoms with E-state index >= 15 is 0 Å². The lowest BCUT2D eigenvalue weighted by molar-refractivity contribution is -0.175. The SMILES string of the molecule is CCOC(=O)[C@](O)(c1ccccc1)C1CCCCC1. The van der Waals surface area contributed by atoms with Gasteiger partial charge in [0.15, 0.2) is 5.60 Å². The predicted octanol–water partition coefficient (Wildman–Crippen LogP) is 3.02. The largest absolute Gasteiger partial charge is 0.464 e. The van der Waals surface area contributed by atoms with E-state index in [1.54, 1.807) is 6.92 Å². The van der Waals surface area contributed by atoms with E-state index in [0.717, 1.165) is 25.7 Å². The molecule has 0 bridgehead atoms. The van der Waals surface area contributed by atoms with Crippen LogP contribution in [0.2, 0.25) is 0 Å². The van der Waals surface area contributed by atoms with Crippen LogP contribution >= 0.6 is 0 Å². The fourth-order valence-electron chi connectivity index (χ4n) is 2.97. The topological polar surface area (TPSA) is 46.5 Å². The quantitative estimate of drug-likeness (QED) is 0.848. The Hall–Kier alpha value is -1.35. The van der Waals surface area contributed by atoms with E-state index in [2.05, 4.69) is 0 Å². The number of esters is 1. The van der Waals surface area contributed by atoms with Gasteiger partial charge >= 0.3 is 5.97 Å². The van der Waals surface area contributed by atoms with Crippen molar-refractivity contribution in [1.29, 1.82) is 0 Å². The molecule has 1 atom stereocenters. The molecule has 1 aromatic rings. The van der Waals surface area contributed by atoms with Gasteiger partial charge in [0.05, 0.1) is 6.61 Å². The van der Waals surface area contributed by atoms with Gasteiger partial charge in [-0.05, 0) is 25.3 Å². The summed E-state index contributed by atoms with van der Waals surface area (Å²) in [6.07, 6.45) is 5.08. The first-order valence-electron chi connectivity index (χ1n) is 7.14. The van der Waals surface area contributed by atoms with E-state index in [4.69, 9.17) is 4.74 Å². The number of ether oxygens (including phenoxy) is 1. The molecule has 2 rings (SSSR count). The fraction of sp³-hybridized carbons (Fsp3) is 0.562. The zero-order valence-corrected chi connectivity index (χ0v) is 11.5. The van der Waals surface area contributed by atoms with Gasteiger partial charge in [0.1, 0.15) is 0 Å². The van der Waals surface area contributed by atoms with Crippen molar-refractivity contribution in [3.63, 3.8) is 0 Å². The van der Waals surface area contributed by atoms with Gasteiger partial charge in [-0.25, -0.2) is 4.79 Å². The van der Waals surface area contributed by atoms with Crippen LogP contribution < -0.4 is 0 Å². The maximum absolute atomic E-state index is 12.3. The van der Waals surface area contributed by atoms with Crippen LogP contribution in [-0.2, 0) is 15.1 Å². The number of hydrogen-bond donors (Lipinski definition) is 1. The summed E-state index contributed by atoms with van der Waals surface area (Å²) in [5.41, 5.74) is -0.835. The normalized spacial score (nSPS) is 19.7. The second-order valence-corrected chi connectivity index (χ2v) is 5.19. The monoisotopic (exact) mass is 262 g/mol. The van der Waals surface area contributed by atoms with Crippen LogP contribution in [0.5, 0.6) is 0 Å². The van der Waals surface area contributed by atoms with Gasteiger partial charge in [-0.2, -0.15) is 0 Å². The van der Waals surface area contributed by atoms with Crippen molar-refractivity contribution in [3.05, 3.63) is 35.9 Å². The van der Waals surface area contributed by atoms with Crippen molar-refractivity contribution in [2.75, 3.05) is 6.61 Å². The average Bonchev–Trinajstić information content (AvgIpc) is 2.48. The second-order valence-electron chi connectivity index (χ2n) is 5.19. The van der Waals surface area contributed by atoms with E-state index in [9.17, 15) is 9.90 Å². The molecular weight excluding hydrogens is 240 g/mol. The molecule has 3 heteroatoms. The lowest BCUT2D eigenvalue weighted by Crippen LogP contribution is -2.45. The summed E-state index contributed by atoms with van der Waals surface area (Å²) in [6.45, 7) is 2.06. The fourth-order valence-corrected chi connectivity index (χ4v) is 2.97. The van der Waals surface area contributed by atoms with Crippen LogP contribution in [0.15, 0.2) is 30.3 Å². The van der Waals surface area contributed by atoms with Crippen LogP contribution in [0.3, 0.4) is 0 Å². The van der Waals surface area contributed by atoms with Crippen LogP contribution in [-0.4, -0.2) is 17.7 Å². The number of aliphatic hydroxyl groups is 1. The first-order valence-corrected chi connectivity index (χ1v) is 7.14. The number of benzene rings is 1. The second kappa shape index (κ2) is 6.20. The Labute approximate surface area is 114 Å². The Kier molecular flexibility index (Phi) is 4.59. The van der Waals surface area contributed by atoms with Gasteiger partial charge in [-0.3, -0.25) is 0 Å². The molecule has 0 radical (unpaired) electrons. The Morgan fingerprint density at radius 1 is 1.26 bits per heavy atom. The summed E-state index contributed by atoms with van der Waals surface area (Å²) < 4.78 is 5.13. The molecule has 0 saturated heterocycles. The molecule has 0 spiro atoms. The van der Waals surface area contributed by atoms with E-state index in [-0.39, 0.29) is 5.92 Å². The summed E-state index contributed by atoms with van der Waals surface area (Å²) in [5.74, 6) is -0.546. The smallest absolute Gasteiger partial charge is 0.343 e. The molecule has 104 valence electrons. The van der Waals surface area contributed by atoms with Gasteiger partial charge in [-0.1, -0.05) is 49.6 Å². The molecular formula is C16H22O3. The first-order chi connectivity index (χ1) is 9.19. The first kappa shape index (κ1) is 14.1. The van der Waals surface area contributed by atoms with E-state index in [1.165, 1.54) is 6.42 Å². The zero-order valence-electron chi connectivity index (χ0n) is 11.5. The summed E-state index contributed by atoms with van der Waals surface area (Å²) >= 11 is 0. The Bertz CT molecular complexity index is 409. The van der Waals surface area contributed by atoms with Gasteiger partial charge < -0.3 is 9.84 Å². The molecule has 1 N–H and O–H groups in total. The Morgan fingerprint density at radius 2 is 1.89 bits per heavy atom. The lowest BCUT2D eigenvalue weighted by atomic mass is 9.73. The molecule has 0 heterocycles. The molecule has 19 heavy (non-hydrogen) atoms. The van der Waals surface area contributed by atoms with Gasteiger partial charge in [0, 0.05) is 5.92 Å². The molecule has 1 saturated carbocycles. The van der Waals surface area contributed by atoms with E-state index < -0.39 is 11.6 Å². The molecule has 0 unspecified atom stereocenters. The number of rotatable bonds is 4. The van der Waals surface area contributed by atoms with Crippen LogP contribution in [0.4, 0.5) is 0 Å². The average molecular weight is 262 g/mol. The highest BCUT2D eigenvalue weighted by molar-refractivity contribution is 5.81.